The van der Waals surface area contributed by atoms with Crippen molar-refractivity contribution >= 4 is 5.78 Å². The number of hydrogen-bond acceptors (Lipinski definition) is 5. The summed E-state index contributed by atoms with van der Waals surface area (Å²) in [6, 6.07) is 4.80. The number of carbonyl (C=O) groups excluding carboxylic acids is 1. The number of aromatic nitrogens is 4. The van der Waals surface area contributed by atoms with Crippen molar-refractivity contribution in [3.63, 3.8) is 0 Å². The van der Waals surface area contributed by atoms with Gasteiger partial charge in [-0.05, 0) is 12.1 Å². The molecule has 82 valence electrons. The Hall–Kier alpha value is -2.24. The molecule has 0 N–H and O–H groups in total. The summed E-state index contributed by atoms with van der Waals surface area (Å²) in [5, 5.41) is 11.4. The van der Waals surface area contributed by atoms with E-state index in [1.165, 1.54) is 11.8 Å². The predicted octanol–water partition coefficient (Wildman–Crippen LogP) is 0.450. The second-order valence-corrected chi connectivity index (χ2v) is 3.13. The zero-order valence-electron chi connectivity index (χ0n) is 8.91. The van der Waals surface area contributed by atoms with Crippen molar-refractivity contribution in [3.05, 3.63) is 35.8 Å². The molecule has 0 radical (unpaired) electrons. The number of ether oxygens (including phenoxy) is 1. The lowest BCUT2D eigenvalue weighted by molar-refractivity contribution is 0.102. The number of aryl methyl sites for hydroxylation is 1. The van der Waals surface area contributed by atoms with Crippen LogP contribution in [-0.4, -0.2) is 32.9 Å². The van der Waals surface area contributed by atoms with E-state index >= 15 is 0 Å². The Bertz CT molecular complexity index is 504. The molecule has 0 bridgehead atoms. The number of hydrogen-bond donors (Lipinski definition) is 0. The van der Waals surface area contributed by atoms with Crippen molar-refractivity contribution in [2.45, 2.75) is 0 Å². The number of nitrogens with zero attached hydrogens (tertiary/aromatic N) is 4. The highest BCUT2D eigenvalue weighted by Gasteiger charge is 2.14. The van der Waals surface area contributed by atoms with E-state index in [1.807, 2.05) is 0 Å². The summed E-state index contributed by atoms with van der Waals surface area (Å²) in [6.45, 7) is 0. The van der Waals surface area contributed by atoms with Crippen LogP contribution in [0.4, 0.5) is 0 Å². The third-order valence-electron chi connectivity index (χ3n) is 2.14. The van der Waals surface area contributed by atoms with Crippen LogP contribution in [-0.2, 0) is 7.05 Å². The van der Waals surface area contributed by atoms with Crippen LogP contribution in [0.2, 0.25) is 0 Å². The van der Waals surface area contributed by atoms with Gasteiger partial charge in [0.2, 0.25) is 11.7 Å². The molecule has 0 spiro atoms. The fourth-order valence-electron chi connectivity index (χ4n) is 1.28. The largest absolute Gasteiger partial charge is 0.480 e. The van der Waals surface area contributed by atoms with Gasteiger partial charge < -0.3 is 4.74 Å². The smallest absolute Gasteiger partial charge is 0.233 e. The number of carbonyl (C=O) groups is 1. The van der Waals surface area contributed by atoms with Gasteiger partial charge in [0.15, 0.2) is 0 Å². The van der Waals surface area contributed by atoms with Gasteiger partial charge in [0.25, 0.3) is 0 Å². The van der Waals surface area contributed by atoms with Crippen molar-refractivity contribution in [2.75, 3.05) is 7.11 Å². The molecule has 2 aromatic rings. The van der Waals surface area contributed by atoms with Crippen molar-refractivity contribution < 1.29 is 9.53 Å². The summed E-state index contributed by atoms with van der Waals surface area (Å²) >= 11 is 0. The van der Waals surface area contributed by atoms with E-state index in [2.05, 4.69) is 15.3 Å². The maximum atomic E-state index is 11.9. The zero-order valence-corrected chi connectivity index (χ0v) is 8.91. The first-order valence-electron chi connectivity index (χ1n) is 4.63. The van der Waals surface area contributed by atoms with Gasteiger partial charge in [0, 0.05) is 19.3 Å². The maximum absolute atomic E-state index is 11.9. The average Bonchev–Trinajstić information content (AvgIpc) is 2.75. The average molecular weight is 218 g/mol. The second-order valence-electron chi connectivity index (χ2n) is 3.13. The molecule has 0 aliphatic heterocycles. The molecule has 0 aliphatic rings. The van der Waals surface area contributed by atoms with Crippen LogP contribution < -0.4 is 4.74 Å². The van der Waals surface area contributed by atoms with Gasteiger partial charge in [0.05, 0.1) is 7.11 Å². The van der Waals surface area contributed by atoms with E-state index in [0.717, 1.165) is 0 Å². The molecular formula is C10H10N4O2. The molecule has 6 nitrogen and oxygen atoms in total. The minimum Gasteiger partial charge on any atom is -0.480 e. The fraction of sp³-hybridized carbons (Fsp3) is 0.200. The van der Waals surface area contributed by atoms with Crippen LogP contribution in [0, 0.1) is 0 Å². The fourth-order valence-corrected chi connectivity index (χ4v) is 1.28. The zero-order chi connectivity index (χ0) is 11.5. The van der Waals surface area contributed by atoms with Crippen LogP contribution in [0.1, 0.15) is 16.2 Å². The van der Waals surface area contributed by atoms with Gasteiger partial charge in [-0.3, -0.25) is 9.48 Å². The highest BCUT2D eigenvalue weighted by Crippen LogP contribution is 2.08. The Balaban J connectivity index is 2.31. The molecule has 2 aromatic heterocycles. The summed E-state index contributed by atoms with van der Waals surface area (Å²) < 4.78 is 6.36. The van der Waals surface area contributed by atoms with Gasteiger partial charge in [-0.15, -0.1) is 10.2 Å². The molecule has 2 heterocycles. The van der Waals surface area contributed by atoms with E-state index in [0.29, 0.717) is 11.6 Å². The van der Waals surface area contributed by atoms with Crippen LogP contribution in [0.25, 0.3) is 0 Å². The van der Waals surface area contributed by atoms with Crippen LogP contribution in [0.3, 0.4) is 0 Å². The highest BCUT2D eigenvalue weighted by atomic mass is 16.5. The Morgan fingerprint density at radius 1 is 1.31 bits per heavy atom. The Morgan fingerprint density at radius 3 is 2.62 bits per heavy atom. The third kappa shape index (κ3) is 1.77. The van der Waals surface area contributed by atoms with Gasteiger partial charge >= 0.3 is 0 Å². The first-order valence-corrected chi connectivity index (χ1v) is 4.63. The molecular weight excluding hydrogens is 208 g/mol. The Labute approximate surface area is 91.9 Å². The van der Waals surface area contributed by atoms with E-state index in [-0.39, 0.29) is 11.5 Å². The van der Waals surface area contributed by atoms with E-state index in [9.17, 15) is 4.79 Å². The number of methoxy groups -OCH3 is 1. The quantitative estimate of drug-likeness (QED) is 0.699. The van der Waals surface area contributed by atoms with Crippen molar-refractivity contribution in [1.29, 1.82) is 0 Å². The summed E-state index contributed by atoms with van der Waals surface area (Å²) in [7, 11) is 3.19. The van der Waals surface area contributed by atoms with Gasteiger partial charge in [-0.25, -0.2) is 0 Å². The van der Waals surface area contributed by atoms with Crippen molar-refractivity contribution in [1.82, 2.24) is 20.0 Å². The summed E-state index contributed by atoms with van der Waals surface area (Å²) in [5.41, 5.74) is 0.740. The lowest BCUT2D eigenvalue weighted by atomic mass is 10.2. The predicted molar refractivity (Wildman–Crippen MR) is 55.2 cm³/mol. The first kappa shape index (κ1) is 10.3. The minimum atomic E-state index is -0.213. The van der Waals surface area contributed by atoms with Crippen molar-refractivity contribution in [2.24, 2.45) is 7.05 Å². The Morgan fingerprint density at radius 2 is 2.12 bits per heavy atom. The molecule has 2 rings (SSSR count). The van der Waals surface area contributed by atoms with E-state index < -0.39 is 0 Å². The highest BCUT2D eigenvalue weighted by molar-refractivity contribution is 6.06. The first-order chi connectivity index (χ1) is 7.72. The summed E-state index contributed by atoms with van der Waals surface area (Å²) in [4.78, 5) is 11.9. The lowest BCUT2D eigenvalue weighted by Crippen LogP contribution is -2.10. The molecule has 6 heteroatoms. The molecule has 0 unspecified atom stereocenters. The Kier molecular flexibility index (Phi) is 2.63. The van der Waals surface area contributed by atoms with Gasteiger partial charge in [-0.1, -0.05) is 0 Å². The molecule has 0 aromatic carbocycles. The summed E-state index contributed by atoms with van der Waals surface area (Å²) in [6.07, 6.45) is 1.56. The molecule has 0 amide bonds. The van der Waals surface area contributed by atoms with Gasteiger partial charge in [-0.2, -0.15) is 5.10 Å². The minimum absolute atomic E-state index is 0.213. The number of rotatable bonds is 3. The van der Waals surface area contributed by atoms with Crippen LogP contribution >= 0.6 is 0 Å². The molecule has 0 fully saturated rings. The standard InChI is InChI=1S/C10H10N4O2/c1-14-8(5-6-11-14)10(15)7-3-4-9(16-2)13-12-7/h3-6H,1-2H3. The van der Waals surface area contributed by atoms with Crippen LogP contribution in [0.15, 0.2) is 24.4 Å². The number of ketones is 1. The normalized spacial score (nSPS) is 10.1. The van der Waals surface area contributed by atoms with Gasteiger partial charge in [0.1, 0.15) is 11.4 Å². The third-order valence-corrected chi connectivity index (χ3v) is 2.14. The van der Waals surface area contributed by atoms with E-state index in [1.54, 1.807) is 31.4 Å². The molecule has 0 saturated heterocycles. The summed E-state index contributed by atoms with van der Waals surface area (Å²) in [5.74, 6) is 0.164. The van der Waals surface area contributed by atoms with Crippen molar-refractivity contribution in [3.8, 4) is 5.88 Å². The molecule has 16 heavy (non-hydrogen) atoms. The molecule has 0 atom stereocenters. The topological polar surface area (TPSA) is 69.9 Å². The SMILES string of the molecule is COc1ccc(C(=O)c2ccnn2C)nn1. The monoisotopic (exact) mass is 218 g/mol. The maximum Gasteiger partial charge on any atom is 0.233 e. The van der Waals surface area contributed by atoms with Crippen LogP contribution in [0.5, 0.6) is 5.88 Å². The molecule has 0 aliphatic carbocycles. The second kappa shape index (κ2) is 4.09. The molecule has 0 saturated carbocycles. The lowest BCUT2D eigenvalue weighted by Gasteiger charge is -2.01. The van der Waals surface area contributed by atoms with E-state index in [4.69, 9.17) is 4.74 Å².